The highest BCUT2D eigenvalue weighted by molar-refractivity contribution is 7.91. The van der Waals surface area contributed by atoms with Crippen molar-refractivity contribution in [3.05, 3.63) is 0 Å². The molecule has 2 fully saturated rings. The van der Waals surface area contributed by atoms with Gasteiger partial charge in [0.2, 0.25) is 0 Å². The predicted molar refractivity (Wildman–Crippen MR) is 68.7 cm³/mol. The number of aliphatic hydroxyl groups is 1. The van der Waals surface area contributed by atoms with Crippen molar-refractivity contribution in [2.45, 2.75) is 18.5 Å². The number of sulfone groups is 1. The lowest BCUT2D eigenvalue weighted by molar-refractivity contribution is -0.137. The normalized spacial score (nSPS) is 31.2. The number of nitrogens with zero attached hydrogens (tertiary/aromatic N) is 2. The zero-order chi connectivity index (χ0) is 14.0. The molecule has 7 nitrogen and oxygen atoms in total. The van der Waals surface area contributed by atoms with Gasteiger partial charge in [-0.15, -0.1) is 0 Å². The quantitative estimate of drug-likeness (QED) is 0.619. The van der Waals surface area contributed by atoms with Gasteiger partial charge < -0.3 is 10.2 Å². The molecule has 2 saturated heterocycles. The largest absolute Gasteiger partial charge is 0.481 e. The van der Waals surface area contributed by atoms with Crippen LogP contribution in [0.3, 0.4) is 0 Å². The van der Waals surface area contributed by atoms with Crippen LogP contribution in [0.15, 0.2) is 0 Å². The van der Waals surface area contributed by atoms with Gasteiger partial charge in [0.05, 0.1) is 24.5 Å². The monoisotopic (exact) mass is 292 g/mol. The number of carboxylic acid groups (broad SMARTS) is 1. The summed E-state index contributed by atoms with van der Waals surface area (Å²) in [4.78, 5) is 14.6. The third-order valence-corrected chi connectivity index (χ3v) is 5.60. The molecule has 2 atom stereocenters. The molecule has 0 saturated carbocycles. The van der Waals surface area contributed by atoms with E-state index in [0.717, 1.165) is 0 Å². The number of β-amino-alcohol motifs (C(OH)–C–C–N with tert-alkyl or cyclic N) is 1. The van der Waals surface area contributed by atoms with Crippen LogP contribution < -0.4 is 0 Å². The van der Waals surface area contributed by atoms with Crippen LogP contribution in [0.1, 0.15) is 6.42 Å². The minimum atomic E-state index is -3.06. The molecule has 0 amide bonds. The second kappa shape index (κ2) is 5.74. The van der Waals surface area contributed by atoms with Crippen LogP contribution in [0.25, 0.3) is 0 Å². The highest BCUT2D eigenvalue weighted by Gasteiger charge is 2.46. The van der Waals surface area contributed by atoms with E-state index in [2.05, 4.69) is 0 Å². The van der Waals surface area contributed by atoms with Crippen LogP contribution in [0.4, 0.5) is 0 Å². The van der Waals surface area contributed by atoms with E-state index in [1.54, 1.807) is 0 Å². The molecule has 19 heavy (non-hydrogen) atoms. The standard InChI is InChI=1S/C11H20N2O5S/c14-6-5-13-4-3-12(2-1-11(15)16)9-7-19(17,18)8-10(9)13/h9-10,14H,1-8H2,(H,15,16)/t9-,10+/m1/s1. The summed E-state index contributed by atoms with van der Waals surface area (Å²) in [6, 6.07) is -0.246. The molecule has 110 valence electrons. The van der Waals surface area contributed by atoms with Crippen molar-refractivity contribution in [3.63, 3.8) is 0 Å². The lowest BCUT2D eigenvalue weighted by Gasteiger charge is -2.43. The third-order valence-electron chi connectivity index (χ3n) is 3.91. The average molecular weight is 292 g/mol. The van der Waals surface area contributed by atoms with Gasteiger partial charge in [-0.2, -0.15) is 0 Å². The first kappa shape index (κ1) is 14.7. The molecule has 2 aliphatic heterocycles. The zero-order valence-corrected chi connectivity index (χ0v) is 11.5. The van der Waals surface area contributed by atoms with Crippen LogP contribution in [0, 0.1) is 0 Å². The van der Waals surface area contributed by atoms with E-state index in [9.17, 15) is 13.2 Å². The van der Waals surface area contributed by atoms with E-state index in [1.165, 1.54) is 0 Å². The van der Waals surface area contributed by atoms with Crippen molar-refractivity contribution in [3.8, 4) is 0 Å². The number of piperazine rings is 1. The molecule has 0 radical (unpaired) electrons. The Labute approximate surface area is 112 Å². The van der Waals surface area contributed by atoms with Gasteiger partial charge in [0.1, 0.15) is 0 Å². The summed E-state index contributed by atoms with van der Waals surface area (Å²) >= 11 is 0. The first-order chi connectivity index (χ1) is 8.93. The average Bonchev–Trinajstić information content (AvgIpc) is 2.64. The number of fused-ring (bicyclic) bond motifs is 1. The number of rotatable bonds is 5. The Balaban J connectivity index is 2.08. The van der Waals surface area contributed by atoms with E-state index in [-0.39, 0.29) is 36.6 Å². The maximum absolute atomic E-state index is 11.8. The summed E-state index contributed by atoms with van der Waals surface area (Å²) in [6.45, 7) is 2.21. The number of hydrogen-bond acceptors (Lipinski definition) is 6. The predicted octanol–water partition coefficient (Wildman–Crippen LogP) is -1.76. The summed E-state index contributed by atoms with van der Waals surface area (Å²) in [5, 5.41) is 17.8. The minimum Gasteiger partial charge on any atom is -0.481 e. The molecule has 2 rings (SSSR count). The Kier molecular flexibility index (Phi) is 4.44. The minimum absolute atomic E-state index is 0.0123. The van der Waals surface area contributed by atoms with E-state index >= 15 is 0 Å². The molecule has 0 aromatic carbocycles. The van der Waals surface area contributed by atoms with Crippen LogP contribution >= 0.6 is 0 Å². The molecule has 2 aliphatic rings. The maximum atomic E-state index is 11.8. The van der Waals surface area contributed by atoms with E-state index in [1.807, 2.05) is 9.80 Å². The molecule has 0 spiro atoms. The molecular formula is C11H20N2O5S. The Morgan fingerprint density at radius 1 is 1.11 bits per heavy atom. The smallest absolute Gasteiger partial charge is 0.304 e. The molecule has 0 aromatic rings. The Hall–Kier alpha value is -0.700. The van der Waals surface area contributed by atoms with Crippen molar-refractivity contribution in [1.29, 1.82) is 0 Å². The molecular weight excluding hydrogens is 272 g/mol. The van der Waals surface area contributed by atoms with Gasteiger partial charge >= 0.3 is 5.97 Å². The fourth-order valence-corrected chi connectivity index (χ4v) is 5.06. The van der Waals surface area contributed by atoms with Gasteiger partial charge in [-0.3, -0.25) is 14.6 Å². The first-order valence-electron chi connectivity index (χ1n) is 6.44. The number of aliphatic hydroxyl groups excluding tert-OH is 1. The van der Waals surface area contributed by atoms with Gasteiger partial charge in [-0.25, -0.2) is 8.42 Å². The lowest BCUT2D eigenvalue weighted by atomic mass is 10.0. The summed E-state index contributed by atoms with van der Waals surface area (Å²) in [5.74, 6) is -0.657. The third kappa shape index (κ3) is 3.44. The summed E-state index contributed by atoms with van der Waals surface area (Å²) in [6.07, 6.45) is 0.0310. The molecule has 0 unspecified atom stereocenters. The van der Waals surface area contributed by atoms with Gasteiger partial charge in [0, 0.05) is 38.3 Å². The number of aliphatic carboxylic acids is 1. The first-order valence-corrected chi connectivity index (χ1v) is 8.26. The van der Waals surface area contributed by atoms with E-state index in [4.69, 9.17) is 10.2 Å². The lowest BCUT2D eigenvalue weighted by Crippen LogP contribution is -2.59. The number of hydrogen-bond donors (Lipinski definition) is 2. The fraction of sp³-hybridized carbons (Fsp3) is 0.909. The van der Waals surface area contributed by atoms with Crippen LogP contribution in [0.2, 0.25) is 0 Å². The molecule has 2 heterocycles. The van der Waals surface area contributed by atoms with Gasteiger partial charge in [0.15, 0.2) is 9.84 Å². The maximum Gasteiger partial charge on any atom is 0.304 e. The molecule has 0 aromatic heterocycles. The SMILES string of the molecule is O=C(O)CCN1CCN(CCO)[C@H]2CS(=O)(=O)C[C@H]21. The second-order valence-electron chi connectivity index (χ2n) is 5.15. The summed E-state index contributed by atoms with van der Waals surface area (Å²) in [7, 11) is -3.06. The van der Waals surface area contributed by atoms with E-state index in [0.29, 0.717) is 26.2 Å². The van der Waals surface area contributed by atoms with Crippen LogP contribution in [0.5, 0.6) is 0 Å². The molecule has 2 N–H and O–H groups in total. The van der Waals surface area contributed by atoms with Crippen molar-refractivity contribution in [1.82, 2.24) is 9.80 Å². The summed E-state index contributed by atoms with van der Waals surface area (Å²) in [5.41, 5.74) is 0. The van der Waals surface area contributed by atoms with Crippen molar-refractivity contribution in [2.24, 2.45) is 0 Å². The molecule has 0 bridgehead atoms. The van der Waals surface area contributed by atoms with Crippen LogP contribution in [-0.2, 0) is 14.6 Å². The topological polar surface area (TPSA) is 98.2 Å². The van der Waals surface area contributed by atoms with Crippen molar-refractivity contribution in [2.75, 3.05) is 44.3 Å². The van der Waals surface area contributed by atoms with Gasteiger partial charge in [-0.05, 0) is 0 Å². The number of carboxylic acids is 1. The van der Waals surface area contributed by atoms with E-state index < -0.39 is 15.8 Å². The second-order valence-corrected chi connectivity index (χ2v) is 7.30. The molecule has 0 aliphatic carbocycles. The highest BCUT2D eigenvalue weighted by Crippen LogP contribution is 2.26. The highest BCUT2D eigenvalue weighted by atomic mass is 32.2. The Morgan fingerprint density at radius 3 is 2.11 bits per heavy atom. The Bertz CT molecular complexity index is 438. The van der Waals surface area contributed by atoms with Gasteiger partial charge in [-0.1, -0.05) is 0 Å². The van der Waals surface area contributed by atoms with Crippen molar-refractivity contribution >= 4 is 15.8 Å². The molecule has 8 heteroatoms. The van der Waals surface area contributed by atoms with Crippen LogP contribution in [-0.4, -0.2) is 90.8 Å². The Morgan fingerprint density at radius 2 is 1.63 bits per heavy atom. The van der Waals surface area contributed by atoms with Crippen molar-refractivity contribution < 1.29 is 23.4 Å². The summed E-state index contributed by atoms with van der Waals surface area (Å²) < 4.78 is 23.6. The number of carbonyl (C=O) groups is 1. The van der Waals surface area contributed by atoms with Gasteiger partial charge in [0.25, 0.3) is 0 Å². The zero-order valence-electron chi connectivity index (χ0n) is 10.7. The fourth-order valence-electron chi connectivity index (χ4n) is 3.02.